The monoisotopic (exact) mass is 308 g/mol. The number of rotatable bonds is 3. The first-order valence-electron chi connectivity index (χ1n) is 7.75. The Labute approximate surface area is 127 Å². The van der Waals surface area contributed by atoms with Crippen molar-refractivity contribution >= 4 is 15.7 Å². The summed E-state index contributed by atoms with van der Waals surface area (Å²) in [5.74, 6) is 0. The number of sulfonamides is 1. The van der Waals surface area contributed by atoms with Crippen LogP contribution in [0.3, 0.4) is 0 Å². The van der Waals surface area contributed by atoms with Crippen molar-refractivity contribution in [2.24, 2.45) is 5.41 Å². The Bertz CT molecular complexity index is 628. The van der Waals surface area contributed by atoms with Gasteiger partial charge in [0.1, 0.15) is 0 Å². The molecule has 0 unspecified atom stereocenters. The SMILES string of the molecule is CC1(C)CCC(NS(=O)(=O)c2ccc3c(c2)CCN3)CC1. The second kappa shape index (κ2) is 5.29. The van der Waals surface area contributed by atoms with E-state index in [9.17, 15) is 8.42 Å². The third-order valence-electron chi connectivity index (χ3n) is 4.76. The summed E-state index contributed by atoms with van der Waals surface area (Å²) in [5, 5.41) is 3.25. The molecule has 1 saturated carbocycles. The number of fused-ring (bicyclic) bond motifs is 1. The van der Waals surface area contributed by atoms with Crippen LogP contribution >= 0.6 is 0 Å². The zero-order chi connectivity index (χ0) is 15.1. The largest absolute Gasteiger partial charge is 0.384 e. The average Bonchev–Trinajstić information content (AvgIpc) is 2.88. The summed E-state index contributed by atoms with van der Waals surface area (Å²) in [6, 6.07) is 5.46. The molecular weight excluding hydrogens is 284 g/mol. The average molecular weight is 308 g/mol. The number of hydrogen-bond donors (Lipinski definition) is 2. The summed E-state index contributed by atoms with van der Waals surface area (Å²) in [6.45, 7) is 5.40. The number of nitrogens with one attached hydrogen (secondary N) is 2. The molecule has 2 N–H and O–H groups in total. The standard InChI is InChI=1S/C16H24N2O2S/c1-16(2)8-5-13(6-9-16)18-21(19,20)14-3-4-15-12(11-14)7-10-17-15/h3-4,11,13,17-18H,5-10H2,1-2H3. The van der Waals surface area contributed by atoms with Gasteiger partial charge < -0.3 is 5.32 Å². The van der Waals surface area contributed by atoms with Gasteiger partial charge in [-0.05, 0) is 61.3 Å². The molecule has 0 amide bonds. The molecule has 1 heterocycles. The van der Waals surface area contributed by atoms with Gasteiger partial charge in [0.05, 0.1) is 4.90 Å². The minimum absolute atomic E-state index is 0.0782. The molecule has 21 heavy (non-hydrogen) atoms. The quantitative estimate of drug-likeness (QED) is 0.902. The molecule has 1 aliphatic heterocycles. The normalized spacial score (nSPS) is 21.8. The lowest BCUT2D eigenvalue weighted by Gasteiger charge is -2.34. The Morgan fingerprint density at radius 1 is 1.24 bits per heavy atom. The van der Waals surface area contributed by atoms with Crippen LogP contribution in [-0.4, -0.2) is 21.0 Å². The molecule has 2 aliphatic rings. The lowest BCUT2D eigenvalue weighted by molar-refractivity contribution is 0.218. The maximum absolute atomic E-state index is 12.5. The van der Waals surface area contributed by atoms with Crippen LogP contribution in [0.1, 0.15) is 45.1 Å². The fraction of sp³-hybridized carbons (Fsp3) is 0.625. The minimum atomic E-state index is -3.40. The Morgan fingerprint density at radius 3 is 2.67 bits per heavy atom. The van der Waals surface area contributed by atoms with Crippen molar-refractivity contribution in [1.29, 1.82) is 0 Å². The van der Waals surface area contributed by atoms with Gasteiger partial charge in [-0.2, -0.15) is 0 Å². The number of anilines is 1. The van der Waals surface area contributed by atoms with Crippen molar-refractivity contribution in [1.82, 2.24) is 4.72 Å². The molecule has 116 valence electrons. The highest BCUT2D eigenvalue weighted by atomic mass is 32.2. The van der Waals surface area contributed by atoms with Crippen LogP contribution in [0.15, 0.2) is 23.1 Å². The smallest absolute Gasteiger partial charge is 0.240 e. The van der Waals surface area contributed by atoms with E-state index in [2.05, 4.69) is 23.9 Å². The van der Waals surface area contributed by atoms with E-state index in [1.807, 2.05) is 12.1 Å². The van der Waals surface area contributed by atoms with E-state index in [1.54, 1.807) is 6.07 Å². The highest BCUT2D eigenvalue weighted by molar-refractivity contribution is 7.89. The van der Waals surface area contributed by atoms with Gasteiger partial charge in [-0.15, -0.1) is 0 Å². The third kappa shape index (κ3) is 3.24. The molecule has 0 atom stereocenters. The molecule has 1 aromatic carbocycles. The first kappa shape index (κ1) is 14.9. The maximum Gasteiger partial charge on any atom is 0.240 e. The van der Waals surface area contributed by atoms with Gasteiger partial charge in [0, 0.05) is 18.3 Å². The summed E-state index contributed by atoms with van der Waals surface area (Å²) in [5.41, 5.74) is 2.51. The van der Waals surface area contributed by atoms with Gasteiger partial charge in [-0.3, -0.25) is 0 Å². The molecule has 1 aliphatic carbocycles. The molecule has 1 aromatic rings. The Balaban J connectivity index is 1.72. The molecule has 1 fully saturated rings. The molecule has 0 bridgehead atoms. The van der Waals surface area contributed by atoms with Crippen LogP contribution in [0.5, 0.6) is 0 Å². The molecule has 4 nitrogen and oxygen atoms in total. The second-order valence-electron chi connectivity index (χ2n) is 7.06. The predicted molar refractivity (Wildman–Crippen MR) is 85.0 cm³/mol. The molecule has 3 rings (SSSR count). The van der Waals surface area contributed by atoms with Gasteiger partial charge in [-0.25, -0.2) is 13.1 Å². The molecule has 0 spiro atoms. The molecule has 0 saturated heterocycles. The van der Waals surface area contributed by atoms with Crippen LogP contribution in [0.25, 0.3) is 0 Å². The van der Waals surface area contributed by atoms with Crippen LogP contribution in [0.4, 0.5) is 5.69 Å². The first-order chi connectivity index (χ1) is 9.86. The molecule has 0 radical (unpaired) electrons. The second-order valence-corrected chi connectivity index (χ2v) is 8.77. The third-order valence-corrected chi connectivity index (χ3v) is 6.28. The maximum atomic E-state index is 12.5. The summed E-state index contributed by atoms with van der Waals surface area (Å²) in [7, 11) is -3.40. The summed E-state index contributed by atoms with van der Waals surface area (Å²) < 4.78 is 28.0. The first-order valence-corrected chi connectivity index (χ1v) is 9.23. The van der Waals surface area contributed by atoms with Crippen LogP contribution in [-0.2, 0) is 16.4 Å². The van der Waals surface area contributed by atoms with Gasteiger partial charge >= 0.3 is 0 Å². The fourth-order valence-corrected chi connectivity index (χ4v) is 4.61. The zero-order valence-corrected chi connectivity index (χ0v) is 13.6. The minimum Gasteiger partial charge on any atom is -0.384 e. The van der Waals surface area contributed by atoms with E-state index in [0.29, 0.717) is 10.3 Å². The van der Waals surface area contributed by atoms with Crippen molar-refractivity contribution in [3.05, 3.63) is 23.8 Å². The highest BCUT2D eigenvalue weighted by Gasteiger charge is 2.29. The van der Waals surface area contributed by atoms with Crippen LogP contribution in [0.2, 0.25) is 0 Å². The van der Waals surface area contributed by atoms with Gasteiger partial charge in [0.15, 0.2) is 0 Å². The molecular formula is C16H24N2O2S. The van der Waals surface area contributed by atoms with E-state index >= 15 is 0 Å². The van der Waals surface area contributed by atoms with Gasteiger partial charge in [0.2, 0.25) is 10.0 Å². The van der Waals surface area contributed by atoms with Crippen molar-refractivity contribution in [3.63, 3.8) is 0 Å². The number of benzene rings is 1. The zero-order valence-electron chi connectivity index (χ0n) is 12.8. The topological polar surface area (TPSA) is 58.2 Å². The van der Waals surface area contributed by atoms with E-state index in [1.165, 1.54) is 0 Å². The summed E-state index contributed by atoms with van der Waals surface area (Å²) in [4.78, 5) is 0.398. The van der Waals surface area contributed by atoms with Crippen molar-refractivity contribution < 1.29 is 8.42 Å². The van der Waals surface area contributed by atoms with E-state index < -0.39 is 10.0 Å². The van der Waals surface area contributed by atoms with Crippen molar-refractivity contribution in [3.8, 4) is 0 Å². The van der Waals surface area contributed by atoms with E-state index in [4.69, 9.17) is 0 Å². The molecule has 0 aromatic heterocycles. The van der Waals surface area contributed by atoms with Gasteiger partial charge in [-0.1, -0.05) is 13.8 Å². The number of hydrogen-bond acceptors (Lipinski definition) is 3. The Hall–Kier alpha value is -1.07. The van der Waals surface area contributed by atoms with Crippen LogP contribution < -0.4 is 10.0 Å². The van der Waals surface area contributed by atoms with Crippen molar-refractivity contribution in [2.45, 2.75) is 56.9 Å². The fourth-order valence-electron chi connectivity index (χ4n) is 3.25. The molecule has 5 heteroatoms. The highest BCUT2D eigenvalue weighted by Crippen LogP contribution is 2.35. The summed E-state index contributed by atoms with van der Waals surface area (Å²) >= 11 is 0. The predicted octanol–water partition coefficient (Wildman–Crippen LogP) is 2.90. The summed E-state index contributed by atoms with van der Waals surface area (Å²) in [6.07, 6.45) is 4.91. The van der Waals surface area contributed by atoms with Gasteiger partial charge in [0.25, 0.3) is 0 Å². The Morgan fingerprint density at radius 2 is 1.95 bits per heavy atom. The Kier molecular flexibility index (Phi) is 3.74. The lowest BCUT2D eigenvalue weighted by Crippen LogP contribution is -2.39. The van der Waals surface area contributed by atoms with Crippen LogP contribution in [0, 0.1) is 5.41 Å². The van der Waals surface area contributed by atoms with E-state index in [-0.39, 0.29) is 6.04 Å². The lowest BCUT2D eigenvalue weighted by atomic mass is 9.76. The van der Waals surface area contributed by atoms with Crippen molar-refractivity contribution in [2.75, 3.05) is 11.9 Å². The van der Waals surface area contributed by atoms with E-state index in [0.717, 1.165) is 49.9 Å².